The third kappa shape index (κ3) is 3.05. The SMILES string of the molecule is O=S(=O)(O)c1cccc2cccc(N=Nc3ccc(O)c(O)c3)c12. The molecule has 0 bridgehead atoms. The van der Waals surface area contributed by atoms with Gasteiger partial charge in [-0.2, -0.15) is 13.5 Å². The van der Waals surface area contributed by atoms with Crippen LogP contribution in [0.4, 0.5) is 11.4 Å². The highest BCUT2D eigenvalue weighted by atomic mass is 32.2. The normalized spacial score (nSPS) is 12.0. The summed E-state index contributed by atoms with van der Waals surface area (Å²) in [5, 5.41) is 27.5. The molecule has 0 fully saturated rings. The van der Waals surface area contributed by atoms with Crippen LogP contribution in [0.2, 0.25) is 0 Å². The van der Waals surface area contributed by atoms with Gasteiger partial charge in [0.2, 0.25) is 0 Å². The largest absolute Gasteiger partial charge is 0.504 e. The standard InChI is InChI=1S/C16H12N2O5S/c19-13-8-7-11(9-14(13)20)17-18-12-5-1-3-10-4-2-6-15(16(10)12)24(21,22)23/h1-9,19-20H,(H,21,22,23). The van der Waals surface area contributed by atoms with E-state index in [1.54, 1.807) is 24.3 Å². The second-order valence-electron chi connectivity index (χ2n) is 4.98. The quantitative estimate of drug-likeness (QED) is 0.378. The number of hydrogen-bond acceptors (Lipinski definition) is 6. The van der Waals surface area contributed by atoms with Gasteiger partial charge >= 0.3 is 0 Å². The number of phenols is 2. The van der Waals surface area contributed by atoms with Crippen molar-refractivity contribution in [1.29, 1.82) is 0 Å². The first kappa shape index (κ1) is 15.9. The lowest BCUT2D eigenvalue weighted by atomic mass is 10.1. The maximum atomic E-state index is 11.6. The number of benzene rings is 3. The molecule has 0 heterocycles. The molecule has 8 heteroatoms. The Morgan fingerprint density at radius 2 is 1.54 bits per heavy atom. The van der Waals surface area contributed by atoms with E-state index in [-0.39, 0.29) is 33.2 Å². The Bertz CT molecular complexity index is 1060. The van der Waals surface area contributed by atoms with Crippen LogP contribution in [0.25, 0.3) is 10.8 Å². The summed E-state index contributed by atoms with van der Waals surface area (Å²) in [7, 11) is -4.42. The third-order valence-electron chi connectivity index (χ3n) is 3.35. The van der Waals surface area contributed by atoms with Crippen LogP contribution in [0.1, 0.15) is 0 Å². The minimum Gasteiger partial charge on any atom is -0.504 e. The zero-order valence-corrected chi connectivity index (χ0v) is 13.0. The number of aromatic hydroxyl groups is 2. The van der Waals surface area contributed by atoms with Crippen LogP contribution in [0.3, 0.4) is 0 Å². The Morgan fingerprint density at radius 3 is 2.21 bits per heavy atom. The van der Waals surface area contributed by atoms with Gasteiger partial charge in [0, 0.05) is 11.5 Å². The second kappa shape index (κ2) is 5.91. The summed E-state index contributed by atoms with van der Waals surface area (Å²) in [6, 6.07) is 13.3. The summed E-state index contributed by atoms with van der Waals surface area (Å²) >= 11 is 0. The van der Waals surface area contributed by atoms with Crippen LogP contribution in [-0.4, -0.2) is 23.2 Å². The van der Waals surface area contributed by atoms with Crippen LogP contribution in [0.15, 0.2) is 69.7 Å². The minimum atomic E-state index is -4.42. The van der Waals surface area contributed by atoms with Gasteiger partial charge in [0.25, 0.3) is 10.1 Å². The van der Waals surface area contributed by atoms with Crippen molar-refractivity contribution in [2.75, 3.05) is 0 Å². The van der Waals surface area contributed by atoms with Crippen molar-refractivity contribution in [3.8, 4) is 11.5 Å². The van der Waals surface area contributed by atoms with Gasteiger partial charge in [-0.25, -0.2) is 0 Å². The number of nitrogens with zero attached hydrogens (tertiary/aromatic N) is 2. The molecule has 0 aromatic heterocycles. The minimum absolute atomic E-state index is 0.244. The van der Waals surface area contributed by atoms with Crippen molar-refractivity contribution in [2.45, 2.75) is 4.90 Å². The zero-order valence-electron chi connectivity index (χ0n) is 12.2. The van der Waals surface area contributed by atoms with Gasteiger partial charge in [-0.05, 0) is 29.7 Å². The molecule has 0 radical (unpaired) electrons. The van der Waals surface area contributed by atoms with E-state index in [1.807, 2.05) is 0 Å². The van der Waals surface area contributed by atoms with Gasteiger partial charge < -0.3 is 10.2 Å². The fraction of sp³-hybridized carbons (Fsp3) is 0. The second-order valence-corrected chi connectivity index (χ2v) is 6.37. The first-order chi connectivity index (χ1) is 11.4. The van der Waals surface area contributed by atoms with E-state index in [2.05, 4.69) is 10.2 Å². The molecule has 3 aromatic carbocycles. The molecule has 122 valence electrons. The number of fused-ring (bicyclic) bond motifs is 1. The predicted molar refractivity (Wildman–Crippen MR) is 87.7 cm³/mol. The maximum absolute atomic E-state index is 11.6. The zero-order chi connectivity index (χ0) is 17.3. The van der Waals surface area contributed by atoms with Crippen molar-refractivity contribution in [3.05, 3.63) is 54.6 Å². The van der Waals surface area contributed by atoms with Gasteiger partial charge in [-0.3, -0.25) is 4.55 Å². The molecule has 3 rings (SSSR count). The Morgan fingerprint density at radius 1 is 0.833 bits per heavy atom. The Labute approximate surface area is 137 Å². The summed E-state index contributed by atoms with van der Waals surface area (Å²) in [6.45, 7) is 0. The molecule has 24 heavy (non-hydrogen) atoms. The number of hydrogen-bond donors (Lipinski definition) is 3. The molecule has 3 N–H and O–H groups in total. The molecule has 0 amide bonds. The van der Waals surface area contributed by atoms with Gasteiger partial charge in [0.1, 0.15) is 4.90 Å². The van der Waals surface area contributed by atoms with Crippen molar-refractivity contribution >= 4 is 32.3 Å². The van der Waals surface area contributed by atoms with Gasteiger partial charge in [0.15, 0.2) is 11.5 Å². The summed E-state index contributed by atoms with van der Waals surface area (Å²) in [5.41, 5.74) is 0.514. The molecule has 0 aliphatic carbocycles. The van der Waals surface area contributed by atoms with Gasteiger partial charge in [-0.15, -0.1) is 5.11 Å². The van der Waals surface area contributed by atoms with E-state index in [4.69, 9.17) is 0 Å². The molecule has 0 aliphatic heterocycles. The molecule has 0 atom stereocenters. The van der Waals surface area contributed by atoms with Crippen LogP contribution < -0.4 is 0 Å². The molecular weight excluding hydrogens is 332 g/mol. The van der Waals surface area contributed by atoms with Gasteiger partial charge in [-0.1, -0.05) is 24.3 Å². The van der Waals surface area contributed by atoms with Crippen molar-refractivity contribution in [3.63, 3.8) is 0 Å². The fourth-order valence-corrected chi connectivity index (χ4v) is 3.00. The first-order valence-electron chi connectivity index (χ1n) is 6.79. The molecular formula is C16H12N2O5S. The van der Waals surface area contributed by atoms with Crippen LogP contribution in [0, 0.1) is 0 Å². The van der Waals surface area contributed by atoms with E-state index < -0.39 is 10.1 Å². The molecule has 0 aliphatic rings. The van der Waals surface area contributed by atoms with Crippen molar-refractivity contribution < 1.29 is 23.2 Å². The maximum Gasteiger partial charge on any atom is 0.295 e. The first-order valence-corrected chi connectivity index (χ1v) is 8.23. The average molecular weight is 344 g/mol. The highest BCUT2D eigenvalue weighted by Gasteiger charge is 2.16. The lowest BCUT2D eigenvalue weighted by Gasteiger charge is -2.06. The van der Waals surface area contributed by atoms with E-state index in [9.17, 15) is 23.2 Å². The van der Waals surface area contributed by atoms with Crippen LogP contribution >= 0.6 is 0 Å². The van der Waals surface area contributed by atoms with Crippen LogP contribution in [0.5, 0.6) is 11.5 Å². The summed E-state index contributed by atoms with van der Waals surface area (Å²) in [5.74, 6) is -0.629. The molecule has 7 nitrogen and oxygen atoms in total. The molecule has 0 spiro atoms. The highest BCUT2D eigenvalue weighted by molar-refractivity contribution is 7.86. The smallest absolute Gasteiger partial charge is 0.295 e. The monoisotopic (exact) mass is 344 g/mol. The van der Waals surface area contributed by atoms with E-state index >= 15 is 0 Å². The Kier molecular flexibility index (Phi) is 3.92. The van der Waals surface area contributed by atoms with E-state index in [0.29, 0.717) is 5.39 Å². The van der Waals surface area contributed by atoms with E-state index in [1.165, 1.54) is 30.3 Å². The molecule has 0 saturated carbocycles. The summed E-state index contributed by atoms with van der Waals surface area (Å²) in [4.78, 5) is -0.261. The summed E-state index contributed by atoms with van der Waals surface area (Å²) < 4.78 is 32.6. The van der Waals surface area contributed by atoms with Crippen LogP contribution in [-0.2, 0) is 10.1 Å². The number of azo groups is 1. The molecule has 0 saturated heterocycles. The molecule has 0 unspecified atom stereocenters. The Balaban J connectivity index is 2.16. The predicted octanol–water partition coefficient (Wildman–Crippen LogP) is 3.91. The van der Waals surface area contributed by atoms with Crippen molar-refractivity contribution in [2.24, 2.45) is 10.2 Å². The topological polar surface area (TPSA) is 120 Å². The number of phenolic OH excluding ortho intramolecular Hbond substituents is 2. The highest BCUT2D eigenvalue weighted by Crippen LogP contribution is 2.34. The average Bonchev–Trinajstić information content (AvgIpc) is 2.54. The van der Waals surface area contributed by atoms with Crippen molar-refractivity contribution in [1.82, 2.24) is 0 Å². The third-order valence-corrected chi connectivity index (χ3v) is 4.25. The lowest BCUT2D eigenvalue weighted by molar-refractivity contribution is 0.404. The van der Waals surface area contributed by atoms with Gasteiger partial charge in [0.05, 0.1) is 11.4 Å². The van der Waals surface area contributed by atoms with E-state index in [0.717, 1.165) is 0 Å². The summed E-state index contributed by atoms with van der Waals surface area (Å²) in [6.07, 6.45) is 0. The molecule has 3 aromatic rings. The lowest BCUT2D eigenvalue weighted by Crippen LogP contribution is -1.98. The number of rotatable bonds is 3. The Hall–Kier alpha value is -2.97. The fourth-order valence-electron chi connectivity index (χ4n) is 2.27.